The van der Waals surface area contributed by atoms with Crippen molar-refractivity contribution in [2.24, 2.45) is 0 Å². The van der Waals surface area contributed by atoms with E-state index in [0.717, 1.165) is 12.1 Å². The van der Waals surface area contributed by atoms with E-state index < -0.39 is 0 Å². The molecule has 0 spiro atoms. The molecule has 0 saturated carbocycles. The van der Waals surface area contributed by atoms with Crippen LogP contribution in [0.4, 0.5) is 11.4 Å². The number of nitrogen functional groups attached to an aromatic ring is 1. The number of anilines is 2. The average molecular weight is 206 g/mol. The summed E-state index contributed by atoms with van der Waals surface area (Å²) in [5.74, 6) is -0.166. The van der Waals surface area contributed by atoms with E-state index in [1.807, 2.05) is 36.2 Å². The second-order valence-electron chi connectivity index (χ2n) is 3.64. The van der Waals surface area contributed by atoms with E-state index >= 15 is 0 Å². The highest BCUT2D eigenvalue weighted by Crippen LogP contribution is 2.26. The van der Waals surface area contributed by atoms with Gasteiger partial charge in [0.25, 0.3) is 0 Å². The lowest BCUT2D eigenvalue weighted by Gasteiger charge is -2.24. The molecule has 0 aromatic heterocycles. The van der Waals surface area contributed by atoms with E-state index in [0.29, 0.717) is 12.3 Å². The minimum Gasteiger partial charge on any atom is -0.464 e. The van der Waals surface area contributed by atoms with Gasteiger partial charge in [0.15, 0.2) is 0 Å². The lowest BCUT2D eigenvalue weighted by atomic mass is 10.2. The van der Waals surface area contributed by atoms with E-state index in [4.69, 9.17) is 10.5 Å². The van der Waals surface area contributed by atoms with Crippen LogP contribution in [0.3, 0.4) is 0 Å². The zero-order valence-electron chi connectivity index (χ0n) is 8.64. The zero-order chi connectivity index (χ0) is 10.8. The van der Waals surface area contributed by atoms with Gasteiger partial charge < -0.3 is 15.4 Å². The molecule has 1 aliphatic rings. The Morgan fingerprint density at radius 3 is 2.80 bits per heavy atom. The number of nitrogens with two attached hydrogens (primary N) is 1. The first-order valence-electron chi connectivity index (χ1n) is 4.94. The molecule has 1 unspecified atom stereocenters. The Morgan fingerprint density at radius 1 is 1.47 bits per heavy atom. The monoisotopic (exact) mass is 206 g/mol. The average Bonchev–Trinajstić information content (AvgIpc) is 2.64. The number of ether oxygens (including phenoxy) is 1. The highest BCUT2D eigenvalue weighted by molar-refractivity contribution is 5.83. The van der Waals surface area contributed by atoms with Crippen LogP contribution in [-0.2, 0) is 9.53 Å². The summed E-state index contributed by atoms with van der Waals surface area (Å²) in [6.07, 6.45) is 0.726. The summed E-state index contributed by atoms with van der Waals surface area (Å²) < 4.78 is 4.93. The van der Waals surface area contributed by atoms with Crippen molar-refractivity contribution < 1.29 is 9.53 Å². The first-order valence-corrected chi connectivity index (χ1v) is 4.94. The van der Waals surface area contributed by atoms with Crippen LogP contribution in [-0.4, -0.2) is 25.7 Å². The van der Waals surface area contributed by atoms with Crippen LogP contribution in [0.25, 0.3) is 0 Å². The maximum Gasteiger partial charge on any atom is 0.328 e. The van der Waals surface area contributed by atoms with Crippen molar-refractivity contribution in [1.82, 2.24) is 0 Å². The number of likely N-dealkylation sites (N-methyl/N-ethyl adjacent to an activating group) is 1. The Morgan fingerprint density at radius 2 is 2.20 bits per heavy atom. The summed E-state index contributed by atoms with van der Waals surface area (Å²) in [5, 5.41) is 0. The van der Waals surface area contributed by atoms with Crippen molar-refractivity contribution in [1.29, 1.82) is 0 Å². The normalized spacial score (nSPS) is 20.1. The molecule has 1 heterocycles. The Balaban J connectivity index is 2.24. The largest absolute Gasteiger partial charge is 0.464 e. The van der Waals surface area contributed by atoms with Crippen molar-refractivity contribution >= 4 is 17.3 Å². The SMILES string of the molecule is CN(c1ccccc1N)C1CCOC1=O. The van der Waals surface area contributed by atoms with Crippen LogP contribution in [0.5, 0.6) is 0 Å². The van der Waals surface area contributed by atoms with Crippen LogP contribution in [0, 0.1) is 0 Å². The van der Waals surface area contributed by atoms with Crippen molar-refractivity contribution in [2.75, 3.05) is 24.3 Å². The van der Waals surface area contributed by atoms with Crippen LogP contribution in [0.2, 0.25) is 0 Å². The van der Waals surface area contributed by atoms with Crippen LogP contribution < -0.4 is 10.6 Å². The molecule has 0 radical (unpaired) electrons. The number of benzene rings is 1. The molecule has 0 bridgehead atoms. The van der Waals surface area contributed by atoms with E-state index in [2.05, 4.69) is 0 Å². The number of hydrogen-bond acceptors (Lipinski definition) is 4. The third-order valence-corrected chi connectivity index (χ3v) is 2.69. The molecule has 0 amide bonds. The molecular formula is C11H14N2O2. The Bertz CT molecular complexity index is 379. The summed E-state index contributed by atoms with van der Waals surface area (Å²) in [6.45, 7) is 0.501. The van der Waals surface area contributed by atoms with Gasteiger partial charge in [0.2, 0.25) is 0 Å². The standard InChI is InChI=1S/C11H14N2O2/c1-13(10-6-7-15-11(10)14)9-5-3-2-4-8(9)12/h2-5,10H,6-7,12H2,1H3. The van der Waals surface area contributed by atoms with Crippen molar-refractivity contribution in [2.45, 2.75) is 12.5 Å². The fraction of sp³-hybridized carbons (Fsp3) is 0.364. The first kappa shape index (κ1) is 9.83. The molecule has 2 rings (SSSR count). The van der Waals surface area contributed by atoms with Gasteiger partial charge in [-0.15, -0.1) is 0 Å². The molecule has 1 aliphatic heterocycles. The van der Waals surface area contributed by atoms with E-state index in [-0.39, 0.29) is 12.0 Å². The molecule has 1 aromatic carbocycles. The Hall–Kier alpha value is -1.71. The van der Waals surface area contributed by atoms with Crippen molar-refractivity contribution in [3.8, 4) is 0 Å². The van der Waals surface area contributed by atoms with Gasteiger partial charge in [-0.25, -0.2) is 4.79 Å². The third-order valence-electron chi connectivity index (χ3n) is 2.69. The van der Waals surface area contributed by atoms with Crippen molar-refractivity contribution in [3.05, 3.63) is 24.3 Å². The quantitative estimate of drug-likeness (QED) is 0.580. The minimum absolute atomic E-state index is 0.166. The number of cyclic esters (lactones) is 1. The smallest absolute Gasteiger partial charge is 0.328 e. The molecule has 80 valence electrons. The van der Waals surface area contributed by atoms with Gasteiger partial charge >= 0.3 is 5.97 Å². The number of para-hydroxylation sites is 2. The highest BCUT2D eigenvalue weighted by Gasteiger charge is 2.30. The molecule has 1 saturated heterocycles. The number of carbonyl (C=O) groups is 1. The number of rotatable bonds is 2. The first-order chi connectivity index (χ1) is 7.20. The van der Waals surface area contributed by atoms with E-state index in [1.54, 1.807) is 0 Å². The predicted octanol–water partition coefficient (Wildman–Crippen LogP) is 1.02. The van der Waals surface area contributed by atoms with Gasteiger partial charge in [0.05, 0.1) is 18.0 Å². The van der Waals surface area contributed by atoms with Crippen molar-refractivity contribution in [3.63, 3.8) is 0 Å². The van der Waals surface area contributed by atoms with Gasteiger partial charge in [-0.05, 0) is 12.1 Å². The number of nitrogens with zero attached hydrogens (tertiary/aromatic N) is 1. The fourth-order valence-electron chi connectivity index (χ4n) is 1.81. The molecule has 4 nitrogen and oxygen atoms in total. The fourth-order valence-corrected chi connectivity index (χ4v) is 1.81. The maximum absolute atomic E-state index is 11.4. The van der Waals surface area contributed by atoms with Crippen LogP contribution >= 0.6 is 0 Å². The lowest BCUT2D eigenvalue weighted by molar-refractivity contribution is -0.139. The number of esters is 1. The molecule has 1 fully saturated rings. The lowest BCUT2D eigenvalue weighted by Crippen LogP contribution is -2.35. The molecule has 15 heavy (non-hydrogen) atoms. The number of hydrogen-bond donors (Lipinski definition) is 1. The summed E-state index contributed by atoms with van der Waals surface area (Å²) in [5.41, 5.74) is 7.40. The molecular weight excluding hydrogens is 192 g/mol. The Labute approximate surface area is 88.6 Å². The molecule has 0 aliphatic carbocycles. The zero-order valence-corrected chi connectivity index (χ0v) is 8.64. The summed E-state index contributed by atoms with van der Waals surface area (Å²) in [6, 6.07) is 7.31. The van der Waals surface area contributed by atoms with Crippen LogP contribution in [0.15, 0.2) is 24.3 Å². The van der Waals surface area contributed by atoms with Gasteiger partial charge in [0.1, 0.15) is 6.04 Å². The van der Waals surface area contributed by atoms with E-state index in [9.17, 15) is 4.79 Å². The predicted molar refractivity (Wildman–Crippen MR) is 58.6 cm³/mol. The Kier molecular flexibility index (Phi) is 2.49. The summed E-state index contributed by atoms with van der Waals surface area (Å²) in [4.78, 5) is 13.3. The minimum atomic E-state index is -0.199. The van der Waals surface area contributed by atoms with Gasteiger partial charge in [-0.2, -0.15) is 0 Å². The highest BCUT2D eigenvalue weighted by atomic mass is 16.5. The molecule has 4 heteroatoms. The third kappa shape index (κ3) is 1.75. The maximum atomic E-state index is 11.4. The van der Waals surface area contributed by atoms with Gasteiger partial charge in [-0.3, -0.25) is 0 Å². The molecule has 2 N–H and O–H groups in total. The summed E-state index contributed by atoms with van der Waals surface area (Å²) >= 11 is 0. The second-order valence-corrected chi connectivity index (χ2v) is 3.64. The topological polar surface area (TPSA) is 55.6 Å². The molecule has 1 aromatic rings. The molecule has 1 atom stereocenters. The second kappa shape index (κ2) is 3.81. The van der Waals surface area contributed by atoms with Gasteiger partial charge in [-0.1, -0.05) is 12.1 Å². The van der Waals surface area contributed by atoms with Crippen LogP contribution in [0.1, 0.15) is 6.42 Å². The number of carbonyl (C=O) groups excluding carboxylic acids is 1. The van der Waals surface area contributed by atoms with E-state index in [1.165, 1.54) is 0 Å². The summed E-state index contributed by atoms with van der Waals surface area (Å²) in [7, 11) is 1.86. The van der Waals surface area contributed by atoms with Gasteiger partial charge in [0, 0.05) is 13.5 Å².